The van der Waals surface area contributed by atoms with Crippen LogP contribution < -0.4 is 0 Å². The summed E-state index contributed by atoms with van der Waals surface area (Å²) in [6.07, 6.45) is 71.0. The number of ether oxygens (including phenoxy) is 3. The Balaban J connectivity index is 4.52. The van der Waals surface area contributed by atoms with Crippen LogP contribution in [0.3, 0.4) is 0 Å². The van der Waals surface area contributed by atoms with Crippen LogP contribution in [0.2, 0.25) is 0 Å². The van der Waals surface area contributed by atoms with Crippen LogP contribution >= 0.6 is 0 Å². The molecule has 0 fully saturated rings. The Morgan fingerprint density at radius 2 is 0.591 bits per heavy atom. The van der Waals surface area contributed by atoms with E-state index in [2.05, 4.69) is 93.7 Å². The van der Waals surface area contributed by atoms with E-state index in [4.69, 9.17) is 14.2 Å². The molecule has 0 bridgehead atoms. The molecule has 0 spiro atoms. The average molecular weight is 917 g/mol. The van der Waals surface area contributed by atoms with Gasteiger partial charge >= 0.3 is 17.9 Å². The second kappa shape index (κ2) is 53.9. The molecule has 0 aromatic carbocycles. The molecule has 6 heteroatoms. The van der Waals surface area contributed by atoms with Gasteiger partial charge in [-0.3, -0.25) is 14.4 Å². The largest absolute Gasteiger partial charge is 0.462 e. The zero-order valence-electron chi connectivity index (χ0n) is 42.9. The number of rotatable bonds is 48. The van der Waals surface area contributed by atoms with Crippen molar-refractivity contribution in [2.75, 3.05) is 13.2 Å². The van der Waals surface area contributed by atoms with Crippen molar-refractivity contribution in [1.82, 2.24) is 0 Å². The molecule has 0 amide bonds. The smallest absolute Gasteiger partial charge is 0.306 e. The molecule has 6 nitrogen and oxygen atoms in total. The van der Waals surface area contributed by atoms with Crippen molar-refractivity contribution >= 4 is 17.9 Å². The third-order valence-electron chi connectivity index (χ3n) is 11.4. The van der Waals surface area contributed by atoms with E-state index in [0.717, 1.165) is 109 Å². The van der Waals surface area contributed by atoms with Crippen LogP contribution in [-0.4, -0.2) is 37.2 Å². The average Bonchev–Trinajstić information content (AvgIpc) is 3.31. The van der Waals surface area contributed by atoms with Crippen LogP contribution in [0.15, 0.2) is 97.2 Å². The molecule has 0 N–H and O–H groups in total. The lowest BCUT2D eigenvalue weighted by Crippen LogP contribution is -2.30. The van der Waals surface area contributed by atoms with E-state index in [9.17, 15) is 14.4 Å². The van der Waals surface area contributed by atoms with Crippen LogP contribution in [0, 0.1) is 0 Å². The fourth-order valence-corrected chi connectivity index (χ4v) is 7.28. The molecular weight excluding hydrogens is 817 g/mol. The second-order valence-electron chi connectivity index (χ2n) is 17.9. The molecule has 1 atom stereocenters. The standard InChI is InChI=1S/C60H100O6/c1-4-7-10-13-16-19-22-25-28-30-31-33-35-38-41-44-47-50-53-59(62)65-56-57(55-64-58(61)52-49-46-43-40-37-34-27-24-21-18-15-12-9-6-3)66-60(63)54-51-48-45-42-39-36-32-29-26-23-20-17-14-11-8-5-2/h10,13,16,19,22,25,28-34,36-37,39,57H,4-9,11-12,14-15,17-18,20-21,23-24,26-27,35,38,40-56H2,1-3H3/b13-10-,19-16-,25-22-,30-28-,32-29-,33-31-,37-34-,39-36-. The van der Waals surface area contributed by atoms with Crippen molar-refractivity contribution in [2.45, 2.75) is 252 Å². The number of carbonyl (C=O) groups is 3. The van der Waals surface area contributed by atoms with Crippen LogP contribution in [0.25, 0.3) is 0 Å². The summed E-state index contributed by atoms with van der Waals surface area (Å²) >= 11 is 0. The quantitative estimate of drug-likeness (QED) is 0.0199. The maximum Gasteiger partial charge on any atom is 0.306 e. The molecule has 0 rings (SSSR count). The highest BCUT2D eigenvalue weighted by atomic mass is 16.6. The Labute approximate surface area is 407 Å². The van der Waals surface area contributed by atoms with E-state index >= 15 is 0 Å². The van der Waals surface area contributed by atoms with Crippen molar-refractivity contribution in [3.8, 4) is 0 Å². The summed E-state index contributed by atoms with van der Waals surface area (Å²) in [6, 6.07) is 0. The highest BCUT2D eigenvalue weighted by Crippen LogP contribution is 2.13. The molecule has 0 aliphatic rings. The topological polar surface area (TPSA) is 78.9 Å². The lowest BCUT2D eigenvalue weighted by atomic mass is 10.1. The predicted octanol–water partition coefficient (Wildman–Crippen LogP) is 18.1. The van der Waals surface area contributed by atoms with Crippen LogP contribution in [0.1, 0.15) is 245 Å². The van der Waals surface area contributed by atoms with Gasteiger partial charge in [-0.05, 0) is 89.9 Å². The summed E-state index contributed by atoms with van der Waals surface area (Å²) < 4.78 is 16.8. The number of carbonyl (C=O) groups excluding carboxylic acids is 3. The summed E-state index contributed by atoms with van der Waals surface area (Å²) in [7, 11) is 0. The van der Waals surface area contributed by atoms with Crippen molar-refractivity contribution in [1.29, 1.82) is 0 Å². The maximum absolute atomic E-state index is 12.8. The van der Waals surface area contributed by atoms with Crippen molar-refractivity contribution in [3.63, 3.8) is 0 Å². The van der Waals surface area contributed by atoms with Gasteiger partial charge in [-0.1, -0.05) is 234 Å². The maximum atomic E-state index is 12.8. The summed E-state index contributed by atoms with van der Waals surface area (Å²) in [5, 5.41) is 0. The fourth-order valence-electron chi connectivity index (χ4n) is 7.28. The Hall–Kier alpha value is -3.67. The van der Waals surface area contributed by atoms with E-state index in [0.29, 0.717) is 12.8 Å². The summed E-state index contributed by atoms with van der Waals surface area (Å²) in [6.45, 7) is 6.48. The Morgan fingerprint density at radius 3 is 0.985 bits per heavy atom. The lowest BCUT2D eigenvalue weighted by molar-refractivity contribution is -0.167. The van der Waals surface area contributed by atoms with Gasteiger partial charge in [0.1, 0.15) is 13.2 Å². The minimum absolute atomic E-state index is 0.105. The van der Waals surface area contributed by atoms with E-state index in [-0.39, 0.29) is 37.5 Å². The van der Waals surface area contributed by atoms with Gasteiger partial charge < -0.3 is 14.2 Å². The van der Waals surface area contributed by atoms with Crippen molar-refractivity contribution < 1.29 is 28.6 Å². The zero-order valence-corrected chi connectivity index (χ0v) is 42.9. The molecule has 0 aromatic rings. The third-order valence-corrected chi connectivity index (χ3v) is 11.4. The molecular formula is C60H100O6. The minimum atomic E-state index is -0.809. The molecule has 376 valence electrons. The summed E-state index contributed by atoms with van der Waals surface area (Å²) in [5.74, 6) is -0.972. The van der Waals surface area contributed by atoms with Crippen molar-refractivity contribution in [2.24, 2.45) is 0 Å². The predicted molar refractivity (Wildman–Crippen MR) is 284 cm³/mol. The first kappa shape index (κ1) is 62.3. The van der Waals surface area contributed by atoms with Gasteiger partial charge in [-0.15, -0.1) is 0 Å². The summed E-state index contributed by atoms with van der Waals surface area (Å²) in [4.78, 5) is 38.1. The first-order valence-electron chi connectivity index (χ1n) is 27.3. The van der Waals surface area contributed by atoms with E-state index in [1.165, 1.54) is 96.3 Å². The van der Waals surface area contributed by atoms with Gasteiger partial charge in [0.2, 0.25) is 0 Å². The van der Waals surface area contributed by atoms with Crippen LogP contribution in [-0.2, 0) is 28.6 Å². The fraction of sp³-hybridized carbons (Fsp3) is 0.683. The van der Waals surface area contributed by atoms with Gasteiger partial charge in [0.15, 0.2) is 6.10 Å². The number of unbranched alkanes of at least 4 members (excludes halogenated alkanes) is 26. The number of esters is 3. The minimum Gasteiger partial charge on any atom is -0.462 e. The normalized spacial score (nSPS) is 12.8. The third kappa shape index (κ3) is 51.3. The molecule has 0 heterocycles. The first-order chi connectivity index (χ1) is 32.5. The number of hydrogen-bond donors (Lipinski definition) is 0. The molecule has 0 saturated carbocycles. The van der Waals surface area contributed by atoms with Gasteiger partial charge in [0.25, 0.3) is 0 Å². The van der Waals surface area contributed by atoms with E-state index in [1.54, 1.807) is 0 Å². The van der Waals surface area contributed by atoms with Gasteiger partial charge in [-0.2, -0.15) is 0 Å². The molecule has 0 aliphatic heterocycles. The molecule has 0 aliphatic carbocycles. The van der Waals surface area contributed by atoms with Gasteiger partial charge in [0.05, 0.1) is 0 Å². The van der Waals surface area contributed by atoms with E-state index in [1.807, 2.05) is 24.3 Å². The van der Waals surface area contributed by atoms with Gasteiger partial charge in [0, 0.05) is 19.3 Å². The SMILES string of the molecule is CCC\C=C/C=C\C=C/C=C\C=C/CCCCCCCC(=O)OCC(COC(=O)CCCCC/C=C\CCCCCCCCC)OC(=O)CCCCC/C=C\C=C/CCCCCCCCC. The first-order valence-corrected chi connectivity index (χ1v) is 27.3. The highest BCUT2D eigenvalue weighted by molar-refractivity contribution is 5.71. The Bertz CT molecular complexity index is 1330. The van der Waals surface area contributed by atoms with Crippen LogP contribution in [0.5, 0.6) is 0 Å². The molecule has 0 radical (unpaired) electrons. The van der Waals surface area contributed by atoms with Gasteiger partial charge in [-0.25, -0.2) is 0 Å². The molecule has 66 heavy (non-hydrogen) atoms. The highest BCUT2D eigenvalue weighted by Gasteiger charge is 2.19. The Kier molecular flexibility index (Phi) is 50.9. The lowest BCUT2D eigenvalue weighted by Gasteiger charge is -2.18. The van der Waals surface area contributed by atoms with Crippen LogP contribution in [0.4, 0.5) is 0 Å². The monoisotopic (exact) mass is 917 g/mol. The molecule has 0 saturated heterocycles. The second-order valence-corrected chi connectivity index (χ2v) is 17.9. The van der Waals surface area contributed by atoms with Crippen molar-refractivity contribution in [3.05, 3.63) is 97.2 Å². The molecule has 0 aromatic heterocycles. The zero-order chi connectivity index (χ0) is 47.9. The molecule has 1 unspecified atom stereocenters. The summed E-state index contributed by atoms with van der Waals surface area (Å²) in [5.41, 5.74) is 0. The van der Waals surface area contributed by atoms with E-state index < -0.39 is 6.10 Å². The Morgan fingerprint density at radius 1 is 0.303 bits per heavy atom. The number of allylic oxidation sites excluding steroid dienone is 16. The number of hydrogen-bond acceptors (Lipinski definition) is 6.